The standard InChI is InChI=1S/C16H18O4/c1-18-14-8-13(9-15(19-2)16(14)20-3)12-6-4-11(10-17)5-7-12/h4-9,17H,10H2,1-3H3. The maximum absolute atomic E-state index is 9.08. The molecule has 0 unspecified atom stereocenters. The number of aliphatic hydroxyl groups excluding tert-OH is 1. The van der Waals surface area contributed by atoms with Crippen LogP contribution in [0.4, 0.5) is 0 Å². The molecule has 0 bridgehead atoms. The number of hydrogen-bond acceptors (Lipinski definition) is 4. The van der Waals surface area contributed by atoms with Crippen LogP contribution in [0.15, 0.2) is 36.4 Å². The lowest BCUT2D eigenvalue weighted by Crippen LogP contribution is -1.95. The lowest BCUT2D eigenvalue weighted by atomic mass is 10.0. The predicted molar refractivity (Wildman–Crippen MR) is 77.5 cm³/mol. The Kier molecular flexibility index (Phi) is 4.48. The van der Waals surface area contributed by atoms with Crippen LogP contribution in [0.1, 0.15) is 5.56 Å². The predicted octanol–water partition coefficient (Wildman–Crippen LogP) is 2.87. The maximum Gasteiger partial charge on any atom is 0.203 e. The Morgan fingerprint density at radius 1 is 0.800 bits per heavy atom. The molecule has 20 heavy (non-hydrogen) atoms. The van der Waals surface area contributed by atoms with E-state index in [1.807, 2.05) is 36.4 Å². The van der Waals surface area contributed by atoms with Gasteiger partial charge in [0, 0.05) is 0 Å². The fraction of sp³-hybridized carbons (Fsp3) is 0.250. The molecule has 0 saturated carbocycles. The summed E-state index contributed by atoms with van der Waals surface area (Å²) in [5, 5.41) is 9.08. The van der Waals surface area contributed by atoms with Crippen molar-refractivity contribution in [1.82, 2.24) is 0 Å². The van der Waals surface area contributed by atoms with Crippen LogP contribution >= 0.6 is 0 Å². The molecule has 0 heterocycles. The summed E-state index contributed by atoms with van der Waals surface area (Å²) in [6.07, 6.45) is 0. The number of methoxy groups -OCH3 is 3. The average molecular weight is 274 g/mol. The van der Waals surface area contributed by atoms with Gasteiger partial charge in [-0.05, 0) is 28.8 Å². The largest absolute Gasteiger partial charge is 0.493 e. The highest BCUT2D eigenvalue weighted by molar-refractivity contribution is 5.71. The zero-order valence-corrected chi connectivity index (χ0v) is 11.8. The molecule has 2 aromatic carbocycles. The van der Waals surface area contributed by atoms with Crippen LogP contribution in [-0.2, 0) is 6.61 Å². The van der Waals surface area contributed by atoms with Gasteiger partial charge < -0.3 is 19.3 Å². The van der Waals surface area contributed by atoms with E-state index in [-0.39, 0.29) is 6.61 Å². The fourth-order valence-corrected chi connectivity index (χ4v) is 2.05. The van der Waals surface area contributed by atoms with Gasteiger partial charge in [0.15, 0.2) is 11.5 Å². The molecule has 2 rings (SSSR count). The molecule has 0 spiro atoms. The van der Waals surface area contributed by atoms with Gasteiger partial charge in [-0.1, -0.05) is 24.3 Å². The van der Waals surface area contributed by atoms with Crippen molar-refractivity contribution in [1.29, 1.82) is 0 Å². The highest BCUT2D eigenvalue weighted by Gasteiger charge is 2.13. The number of ether oxygens (including phenoxy) is 3. The molecule has 0 aliphatic carbocycles. The third-order valence-electron chi connectivity index (χ3n) is 3.13. The Bertz CT molecular complexity index is 551. The summed E-state index contributed by atoms with van der Waals surface area (Å²) in [7, 11) is 4.77. The van der Waals surface area contributed by atoms with Crippen LogP contribution in [0.2, 0.25) is 0 Å². The second kappa shape index (κ2) is 6.30. The van der Waals surface area contributed by atoms with E-state index in [4.69, 9.17) is 19.3 Å². The Labute approximate surface area is 118 Å². The zero-order chi connectivity index (χ0) is 14.5. The van der Waals surface area contributed by atoms with Gasteiger partial charge in [0.2, 0.25) is 5.75 Å². The molecule has 0 aliphatic heterocycles. The normalized spacial score (nSPS) is 10.2. The third-order valence-corrected chi connectivity index (χ3v) is 3.13. The number of aliphatic hydroxyl groups is 1. The molecule has 0 atom stereocenters. The van der Waals surface area contributed by atoms with Crippen LogP contribution < -0.4 is 14.2 Å². The lowest BCUT2D eigenvalue weighted by Gasteiger charge is -2.14. The molecule has 4 nitrogen and oxygen atoms in total. The van der Waals surface area contributed by atoms with E-state index in [2.05, 4.69) is 0 Å². The molecular weight excluding hydrogens is 256 g/mol. The van der Waals surface area contributed by atoms with Crippen molar-refractivity contribution < 1.29 is 19.3 Å². The van der Waals surface area contributed by atoms with E-state index in [9.17, 15) is 0 Å². The highest BCUT2D eigenvalue weighted by atomic mass is 16.5. The topological polar surface area (TPSA) is 47.9 Å². The van der Waals surface area contributed by atoms with Crippen LogP contribution in [-0.4, -0.2) is 26.4 Å². The molecule has 1 N–H and O–H groups in total. The minimum Gasteiger partial charge on any atom is -0.493 e. The molecule has 0 fully saturated rings. The first kappa shape index (κ1) is 14.2. The van der Waals surface area contributed by atoms with E-state index in [0.29, 0.717) is 17.2 Å². The molecule has 0 radical (unpaired) electrons. The minimum atomic E-state index is 0.0372. The van der Waals surface area contributed by atoms with E-state index < -0.39 is 0 Å². The first-order chi connectivity index (χ1) is 9.73. The Morgan fingerprint density at radius 3 is 1.75 bits per heavy atom. The van der Waals surface area contributed by atoms with Gasteiger partial charge in [-0.3, -0.25) is 0 Å². The Balaban J connectivity index is 2.50. The molecule has 0 amide bonds. The van der Waals surface area contributed by atoms with Crippen LogP contribution in [0.5, 0.6) is 17.2 Å². The first-order valence-electron chi connectivity index (χ1n) is 6.23. The third kappa shape index (κ3) is 2.70. The van der Waals surface area contributed by atoms with Gasteiger partial charge in [0.05, 0.1) is 27.9 Å². The van der Waals surface area contributed by atoms with Crippen molar-refractivity contribution in [2.75, 3.05) is 21.3 Å². The highest BCUT2D eigenvalue weighted by Crippen LogP contribution is 2.41. The zero-order valence-electron chi connectivity index (χ0n) is 11.8. The second-order valence-corrected chi connectivity index (χ2v) is 4.27. The van der Waals surface area contributed by atoms with E-state index in [1.54, 1.807) is 21.3 Å². The SMILES string of the molecule is COc1cc(-c2ccc(CO)cc2)cc(OC)c1OC. The lowest BCUT2D eigenvalue weighted by molar-refractivity contribution is 0.282. The van der Waals surface area contributed by atoms with Gasteiger partial charge in [-0.2, -0.15) is 0 Å². The van der Waals surface area contributed by atoms with E-state index in [0.717, 1.165) is 16.7 Å². The van der Waals surface area contributed by atoms with Gasteiger partial charge in [-0.15, -0.1) is 0 Å². The maximum atomic E-state index is 9.08. The van der Waals surface area contributed by atoms with Crippen molar-refractivity contribution in [3.8, 4) is 28.4 Å². The number of hydrogen-bond donors (Lipinski definition) is 1. The van der Waals surface area contributed by atoms with Gasteiger partial charge in [0.1, 0.15) is 0 Å². The molecule has 0 aliphatic rings. The number of rotatable bonds is 5. The summed E-state index contributed by atoms with van der Waals surface area (Å²) in [6, 6.07) is 11.5. The fourth-order valence-electron chi connectivity index (χ4n) is 2.05. The molecular formula is C16H18O4. The summed E-state index contributed by atoms with van der Waals surface area (Å²) in [6.45, 7) is 0.0372. The smallest absolute Gasteiger partial charge is 0.203 e. The monoisotopic (exact) mass is 274 g/mol. The first-order valence-corrected chi connectivity index (χ1v) is 6.23. The van der Waals surface area contributed by atoms with Crippen LogP contribution in [0.25, 0.3) is 11.1 Å². The van der Waals surface area contributed by atoms with Crippen molar-refractivity contribution in [3.63, 3.8) is 0 Å². The van der Waals surface area contributed by atoms with E-state index in [1.165, 1.54) is 0 Å². The summed E-state index contributed by atoms with van der Waals surface area (Å²) in [4.78, 5) is 0. The summed E-state index contributed by atoms with van der Waals surface area (Å²) < 4.78 is 16.0. The van der Waals surface area contributed by atoms with Gasteiger partial charge in [-0.25, -0.2) is 0 Å². The molecule has 106 valence electrons. The molecule has 2 aromatic rings. The van der Waals surface area contributed by atoms with Crippen LogP contribution in [0.3, 0.4) is 0 Å². The average Bonchev–Trinajstić information content (AvgIpc) is 2.53. The van der Waals surface area contributed by atoms with Crippen molar-refractivity contribution >= 4 is 0 Å². The number of benzene rings is 2. The van der Waals surface area contributed by atoms with Crippen molar-refractivity contribution in [3.05, 3.63) is 42.0 Å². The van der Waals surface area contributed by atoms with Gasteiger partial charge >= 0.3 is 0 Å². The van der Waals surface area contributed by atoms with Crippen molar-refractivity contribution in [2.45, 2.75) is 6.61 Å². The second-order valence-electron chi connectivity index (χ2n) is 4.27. The van der Waals surface area contributed by atoms with Crippen LogP contribution in [0, 0.1) is 0 Å². The van der Waals surface area contributed by atoms with E-state index >= 15 is 0 Å². The molecule has 4 heteroatoms. The summed E-state index contributed by atoms with van der Waals surface area (Å²) in [5.41, 5.74) is 2.85. The summed E-state index contributed by atoms with van der Waals surface area (Å²) >= 11 is 0. The summed E-state index contributed by atoms with van der Waals surface area (Å²) in [5.74, 6) is 1.81. The van der Waals surface area contributed by atoms with Gasteiger partial charge in [0.25, 0.3) is 0 Å². The quantitative estimate of drug-likeness (QED) is 0.910. The Hall–Kier alpha value is -2.20. The minimum absolute atomic E-state index is 0.0372. The Morgan fingerprint density at radius 2 is 1.35 bits per heavy atom. The molecule has 0 aromatic heterocycles. The van der Waals surface area contributed by atoms with Crippen molar-refractivity contribution in [2.24, 2.45) is 0 Å². The molecule has 0 saturated heterocycles.